The van der Waals surface area contributed by atoms with Gasteiger partial charge in [0, 0.05) is 12.8 Å². The standard InChI is InChI=1S/C16H15FO3.C9H9FO3.CH4/c17-14-8-6-12(7-9-14)10-15(18)16(19)20-11-13-4-2-1-3-5-13;10-7-3-1-6(2-4-7)5-8(11)9(12)13;/h1-9,15,18H,10-11H2;1-4,8,11H,5H2,(H,12,13);1H4/t15-;8-;/m11./s1. The fraction of sp³-hybridized carbons (Fsp3) is 0.231. The number of aliphatic hydroxyl groups excluding tert-OH is 2. The maximum Gasteiger partial charge on any atom is 0.335 e. The highest BCUT2D eigenvalue weighted by molar-refractivity contribution is 5.74. The van der Waals surface area contributed by atoms with Crippen molar-refractivity contribution in [2.24, 2.45) is 0 Å². The number of carboxylic acid groups (broad SMARTS) is 1. The fourth-order valence-electron chi connectivity index (χ4n) is 2.68. The minimum Gasteiger partial charge on any atom is -0.479 e. The summed E-state index contributed by atoms with van der Waals surface area (Å²) in [5.74, 6) is -2.69. The molecule has 3 rings (SSSR count). The highest BCUT2D eigenvalue weighted by atomic mass is 19.1. The first kappa shape index (κ1) is 28.4. The van der Waals surface area contributed by atoms with E-state index in [4.69, 9.17) is 14.9 Å². The summed E-state index contributed by atoms with van der Waals surface area (Å²) < 4.78 is 30.2. The largest absolute Gasteiger partial charge is 0.479 e. The van der Waals surface area contributed by atoms with Crippen LogP contribution in [0.1, 0.15) is 24.1 Å². The zero-order valence-electron chi connectivity index (χ0n) is 17.6. The Kier molecular flexibility index (Phi) is 12.1. The molecule has 0 amide bonds. The maximum absolute atomic E-state index is 12.7. The summed E-state index contributed by atoms with van der Waals surface area (Å²) in [7, 11) is 0. The molecule has 0 saturated heterocycles. The molecule has 0 aromatic heterocycles. The van der Waals surface area contributed by atoms with E-state index in [1.54, 1.807) is 0 Å². The zero-order chi connectivity index (χ0) is 24.2. The number of aliphatic hydroxyl groups is 2. The van der Waals surface area contributed by atoms with Crippen molar-refractivity contribution >= 4 is 11.9 Å². The van der Waals surface area contributed by atoms with Crippen molar-refractivity contribution in [3.05, 3.63) is 107 Å². The molecule has 8 heteroatoms. The molecule has 3 N–H and O–H groups in total. The van der Waals surface area contributed by atoms with Gasteiger partial charge in [0.05, 0.1) is 0 Å². The van der Waals surface area contributed by atoms with Crippen LogP contribution in [0.3, 0.4) is 0 Å². The van der Waals surface area contributed by atoms with Crippen LogP contribution in [0.4, 0.5) is 8.78 Å². The molecule has 2 atom stereocenters. The highest BCUT2D eigenvalue weighted by Crippen LogP contribution is 2.08. The second-order valence-corrected chi connectivity index (χ2v) is 7.12. The normalized spacial score (nSPS) is 11.8. The van der Waals surface area contributed by atoms with Crippen molar-refractivity contribution in [3.63, 3.8) is 0 Å². The molecule has 0 fully saturated rings. The zero-order valence-corrected chi connectivity index (χ0v) is 17.6. The lowest BCUT2D eigenvalue weighted by atomic mass is 10.1. The van der Waals surface area contributed by atoms with E-state index in [0.29, 0.717) is 11.1 Å². The van der Waals surface area contributed by atoms with E-state index in [9.17, 15) is 23.5 Å². The van der Waals surface area contributed by atoms with Crippen LogP contribution in [0.2, 0.25) is 0 Å². The van der Waals surface area contributed by atoms with Crippen LogP contribution < -0.4 is 0 Å². The van der Waals surface area contributed by atoms with Crippen LogP contribution in [-0.2, 0) is 33.8 Å². The van der Waals surface area contributed by atoms with Gasteiger partial charge in [-0.3, -0.25) is 0 Å². The van der Waals surface area contributed by atoms with Crippen LogP contribution >= 0.6 is 0 Å². The van der Waals surface area contributed by atoms with Gasteiger partial charge < -0.3 is 20.1 Å². The van der Waals surface area contributed by atoms with Crippen molar-refractivity contribution < 1.29 is 38.4 Å². The number of carbonyl (C=O) groups excluding carboxylic acids is 1. The van der Waals surface area contributed by atoms with E-state index in [2.05, 4.69) is 0 Å². The predicted molar refractivity (Wildman–Crippen MR) is 123 cm³/mol. The van der Waals surface area contributed by atoms with Crippen molar-refractivity contribution in [1.82, 2.24) is 0 Å². The molecule has 6 nitrogen and oxygen atoms in total. The van der Waals surface area contributed by atoms with Crippen LogP contribution in [0.25, 0.3) is 0 Å². The first-order chi connectivity index (χ1) is 15.7. The first-order valence-corrected chi connectivity index (χ1v) is 10.0. The summed E-state index contributed by atoms with van der Waals surface area (Å²) in [6.07, 6.45) is -2.57. The summed E-state index contributed by atoms with van der Waals surface area (Å²) in [5.41, 5.74) is 2.13. The van der Waals surface area contributed by atoms with Crippen molar-refractivity contribution in [2.45, 2.75) is 39.1 Å². The minimum absolute atomic E-state index is 0. The van der Waals surface area contributed by atoms with Crippen LogP contribution in [0.15, 0.2) is 78.9 Å². The molecule has 0 radical (unpaired) electrons. The fourth-order valence-corrected chi connectivity index (χ4v) is 2.68. The molecule has 3 aromatic rings. The summed E-state index contributed by atoms with van der Waals surface area (Å²) in [6.45, 7) is 0.125. The summed E-state index contributed by atoms with van der Waals surface area (Å²) in [6, 6.07) is 20.2. The first-order valence-electron chi connectivity index (χ1n) is 10.0. The van der Waals surface area contributed by atoms with Gasteiger partial charge in [0.15, 0.2) is 12.2 Å². The smallest absolute Gasteiger partial charge is 0.335 e. The molecular weight excluding hydrogens is 446 g/mol. The van der Waals surface area contributed by atoms with E-state index >= 15 is 0 Å². The number of rotatable bonds is 8. The molecule has 0 aliphatic carbocycles. The Balaban J connectivity index is 0.000000360. The van der Waals surface area contributed by atoms with Crippen molar-refractivity contribution in [3.8, 4) is 0 Å². The topological polar surface area (TPSA) is 104 Å². The number of benzene rings is 3. The van der Waals surface area contributed by atoms with Gasteiger partial charge in [0.2, 0.25) is 0 Å². The van der Waals surface area contributed by atoms with Crippen molar-refractivity contribution in [1.29, 1.82) is 0 Å². The van der Waals surface area contributed by atoms with Crippen LogP contribution in [0.5, 0.6) is 0 Å². The monoisotopic (exact) mass is 474 g/mol. The molecule has 0 saturated carbocycles. The van der Waals surface area contributed by atoms with E-state index in [1.807, 2.05) is 30.3 Å². The Hall–Kier alpha value is -3.62. The predicted octanol–water partition coefficient (Wildman–Crippen LogP) is 3.92. The van der Waals surface area contributed by atoms with Gasteiger partial charge in [0.1, 0.15) is 18.2 Å². The molecule has 0 aliphatic heterocycles. The number of hydrogen-bond acceptors (Lipinski definition) is 5. The summed E-state index contributed by atoms with van der Waals surface area (Å²) in [5, 5.41) is 27.1. The highest BCUT2D eigenvalue weighted by Gasteiger charge is 2.17. The molecule has 3 aromatic carbocycles. The molecule has 0 spiro atoms. The van der Waals surface area contributed by atoms with Gasteiger partial charge in [-0.25, -0.2) is 18.4 Å². The van der Waals surface area contributed by atoms with E-state index < -0.39 is 24.1 Å². The Morgan fingerprint density at radius 3 is 1.59 bits per heavy atom. The molecule has 0 bridgehead atoms. The molecule has 0 heterocycles. The van der Waals surface area contributed by atoms with Crippen LogP contribution in [0, 0.1) is 11.6 Å². The van der Waals surface area contributed by atoms with E-state index in [-0.39, 0.29) is 38.5 Å². The van der Waals surface area contributed by atoms with Gasteiger partial charge in [-0.2, -0.15) is 0 Å². The summed E-state index contributed by atoms with van der Waals surface area (Å²) in [4.78, 5) is 21.9. The van der Waals surface area contributed by atoms with Gasteiger partial charge in [-0.15, -0.1) is 0 Å². The Bertz CT molecular complexity index is 1010. The molecule has 182 valence electrons. The lowest BCUT2D eigenvalue weighted by Gasteiger charge is -2.11. The molecule has 0 aliphatic rings. The minimum atomic E-state index is -1.43. The second kappa shape index (κ2) is 14.5. The Morgan fingerprint density at radius 1 is 0.706 bits per heavy atom. The molecule has 34 heavy (non-hydrogen) atoms. The number of halogens is 2. The quantitative estimate of drug-likeness (QED) is 0.428. The average molecular weight is 475 g/mol. The third-order valence-electron chi connectivity index (χ3n) is 4.47. The lowest BCUT2D eigenvalue weighted by molar-refractivity contribution is -0.154. The molecule has 0 unspecified atom stereocenters. The summed E-state index contributed by atoms with van der Waals surface area (Å²) >= 11 is 0. The van der Waals surface area contributed by atoms with Gasteiger partial charge >= 0.3 is 11.9 Å². The molecular formula is C26H28F2O6. The third kappa shape index (κ3) is 10.3. The van der Waals surface area contributed by atoms with E-state index in [0.717, 1.165) is 5.56 Å². The number of carboxylic acids is 1. The number of carbonyl (C=O) groups is 2. The third-order valence-corrected chi connectivity index (χ3v) is 4.47. The van der Waals surface area contributed by atoms with E-state index in [1.165, 1.54) is 48.5 Å². The Labute approximate surface area is 197 Å². The van der Waals surface area contributed by atoms with Gasteiger partial charge in [-0.1, -0.05) is 62.0 Å². The number of esters is 1. The average Bonchev–Trinajstić information content (AvgIpc) is 2.81. The van der Waals surface area contributed by atoms with Gasteiger partial charge in [0.25, 0.3) is 0 Å². The SMILES string of the molecule is C.O=C(O)[C@H](O)Cc1ccc(F)cc1.O=C(OCc1ccccc1)[C@H](O)Cc1ccc(F)cc1. The second-order valence-electron chi connectivity index (χ2n) is 7.12. The van der Waals surface area contributed by atoms with Gasteiger partial charge in [-0.05, 0) is 41.0 Å². The number of aliphatic carboxylic acids is 1. The number of hydrogen-bond donors (Lipinski definition) is 3. The lowest BCUT2D eigenvalue weighted by Crippen LogP contribution is -2.25. The Morgan fingerprint density at radius 2 is 1.15 bits per heavy atom. The number of ether oxygens (including phenoxy) is 1. The van der Waals surface area contributed by atoms with Crippen molar-refractivity contribution in [2.75, 3.05) is 0 Å². The maximum atomic E-state index is 12.7. The van der Waals surface area contributed by atoms with Crippen LogP contribution in [-0.4, -0.2) is 39.5 Å².